The maximum absolute atomic E-state index is 13.4. The number of hydrogen-bond acceptors (Lipinski definition) is 6. The van der Waals surface area contributed by atoms with Gasteiger partial charge in [0.1, 0.15) is 17.5 Å². The summed E-state index contributed by atoms with van der Waals surface area (Å²) in [6.07, 6.45) is 1.94. The van der Waals surface area contributed by atoms with Gasteiger partial charge in [0.15, 0.2) is 0 Å². The Labute approximate surface area is 214 Å². The Morgan fingerprint density at radius 3 is 2.22 bits per heavy atom. The van der Waals surface area contributed by atoms with Crippen molar-refractivity contribution in [3.05, 3.63) is 54.1 Å². The molecule has 2 amide bonds. The Balaban J connectivity index is 2.23. The summed E-state index contributed by atoms with van der Waals surface area (Å²) >= 11 is 0. The van der Waals surface area contributed by atoms with Gasteiger partial charge in [0.2, 0.25) is 21.8 Å². The number of methoxy groups -OCH3 is 2. The van der Waals surface area contributed by atoms with Crippen LogP contribution in [0.3, 0.4) is 0 Å². The molecule has 198 valence electrons. The summed E-state index contributed by atoms with van der Waals surface area (Å²) in [5, 5.41) is 2.81. The van der Waals surface area contributed by atoms with Crippen molar-refractivity contribution in [1.82, 2.24) is 10.2 Å². The molecule has 0 radical (unpaired) electrons. The molecule has 0 spiro atoms. The minimum Gasteiger partial charge on any atom is -0.497 e. The molecule has 10 heteroatoms. The molecule has 0 aliphatic rings. The smallest absolute Gasteiger partial charge is 0.242 e. The minimum absolute atomic E-state index is 0.0792. The van der Waals surface area contributed by atoms with Gasteiger partial charge in [-0.2, -0.15) is 0 Å². The number of carbonyl (C=O) groups excluding carboxylic acids is 2. The summed E-state index contributed by atoms with van der Waals surface area (Å²) < 4.78 is 36.7. The lowest BCUT2D eigenvalue weighted by Gasteiger charge is -2.31. The third-order valence-corrected chi connectivity index (χ3v) is 6.91. The Kier molecular flexibility index (Phi) is 11.0. The molecule has 0 saturated heterocycles. The average molecular weight is 520 g/mol. The number of rotatable bonds is 14. The van der Waals surface area contributed by atoms with E-state index in [-0.39, 0.29) is 37.7 Å². The molecule has 0 aliphatic carbocycles. The van der Waals surface area contributed by atoms with Crippen molar-refractivity contribution in [1.29, 1.82) is 0 Å². The highest BCUT2D eigenvalue weighted by Gasteiger charge is 2.28. The Hall–Kier alpha value is -3.27. The molecule has 0 heterocycles. The van der Waals surface area contributed by atoms with Crippen LogP contribution in [0.2, 0.25) is 0 Å². The quantitative estimate of drug-likeness (QED) is 0.411. The minimum atomic E-state index is -3.58. The molecular weight excluding hydrogens is 482 g/mol. The van der Waals surface area contributed by atoms with E-state index in [1.807, 2.05) is 38.1 Å². The molecule has 0 saturated carbocycles. The summed E-state index contributed by atoms with van der Waals surface area (Å²) in [5.74, 6) is 0.753. The van der Waals surface area contributed by atoms with Gasteiger partial charge in [-0.15, -0.1) is 0 Å². The van der Waals surface area contributed by atoms with Gasteiger partial charge < -0.3 is 19.7 Å². The first kappa shape index (κ1) is 29.0. The van der Waals surface area contributed by atoms with Crippen LogP contribution in [0.25, 0.3) is 0 Å². The summed E-state index contributed by atoms with van der Waals surface area (Å²) in [7, 11) is -0.501. The molecule has 0 fully saturated rings. The van der Waals surface area contributed by atoms with Crippen molar-refractivity contribution in [3.63, 3.8) is 0 Å². The molecule has 2 aromatic rings. The number of sulfonamides is 1. The van der Waals surface area contributed by atoms with E-state index in [1.54, 1.807) is 36.3 Å². The molecule has 0 bridgehead atoms. The van der Waals surface area contributed by atoms with Crippen LogP contribution in [0.5, 0.6) is 11.5 Å². The van der Waals surface area contributed by atoms with Crippen LogP contribution in [0.15, 0.2) is 48.5 Å². The van der Waals surface area contributed by atoms with E-state index in [0.717, 1.165) is 11.8 Å². The van der Waals surface area contributed by atoms with Gasteiger partial charge in [0.25, 0.3) is 0 Å². The van der Waals surface area contributed by atoms with Gasteiger partial charge in [-0.25, -0.2) is 8.42 Å². The predicted octanol–water partition coefficient (Wildman–Crippen LogP) is 3.19. The van der Waals surface area contributed by atoms with E-state index >= 15 is 0 Å². The number of amides is 2. The van der Waals surface area contributed by atoms with Crippen molar-refractivity contribution in [2.75, 3.05) is 37.9 Å². The first-order valence-electron chi connectivity index (χ1n) is 12.0. The third kappa shape index (κ3) is 8.15. The highest BCUT2D eigenvalue weighted by atomic mass is 32.2. The normalized spacial score (nSPS) is 11.9. The highest BCUT2D eigenvalue weighted by molar-refractivity contribution is 7.92. The fourth-order valence-electron chi connectivity index (χ4n) is 3.95. The number of likely N-dealkylation sites (N-methyl/N-ethyl adjacent to an activating group) is 1. The molecule has 2 aromatic carbocycles. The molecule has 2 rings (SSSR count). The number of nitrogens with one attached hydrogen (secondary N) is 1. The lowest BCUT2D eigenvalue weighted by Crippen LogP contribution is -2.49. The molecule has 0 unspecified atom stereocenters. The molecule has 36 heavy (non-hydrogen) atoms. The summed E-state index contributed by atoms with van der Waals surface area (Å²) in [4.78, 5) is 27.7. The van der Waals surface area contributed by atoms with Crippen molar-refractivity contribution in [2.45, 2.75) is 45.7 Å². The molecule has 1 N–H and O–H groups in total. The lowest BCUT2D eigenvalue weighted by molar-refractivity contribution is -0.141. The van der Waals surface area contributed by atoms with Crippen LogP contribution < -0.4 is 19.1 Å². The summed E-state index contributed by atoms with van der Waals surface area (Å²) in [5.41, 5.74) is 1.30. The number of ether oxygens (including phenoxy) is 2. The van der Waals surface area contributed by atoms with Crippen LogP contribution in [-0.2, 0) is 26.2 Å². The zero-order valence-corrected chi connectivity index (χ0v) is 22.5. The van der Waals surface area contributed by atoms with E-state index in [1.165, 1.54) is 11.4 Å². The lowest BCUT2D eigenvalue weighted by atomic mass is 10.1. The first-order chi connectivity index (χ1) is 17.1. The molecule has 0 aliphatic heterocycles. The van der Waals surface area contributed by atoms with Crippen LogP contribution in [-0.4, -0.2) is 64.7 Å². The SMILES string of the molecule is CCNC(=O)[C@H](CC)N(Cc1cccc(OC)c1)C(=O)CCCN(c1cccc(OC)c1)S(C)(=O)=O. The van der Waals surface area contributed by atoms with Crippen LogP contribution in [0.4, 0.5) is 5.69 Å². The van der Waals surface area contributed by atoms with Gasteiger partial charge in [-0.1, -0.05) is 25.1 Å². The molecule has 1 atom stereocenters. The first-order valence-corrected chi connectivity index (χ1v) is 13.8. The Morgan fingerprint density at radius 1 is 1.00 bits per heavy atom. The Morgan fingerprint density at radius 2 is 1.64 bits per heavy atom. The molecular formula is C26H37N3O6S. The van der Waals surface area contributed by atoms with Gasteiger partial charge in [-0.3, -0.25) is 13.9 Å². The van der Waals surface area contributed by atoms with E-state index in [2.05, 4.69) is 5.32 Å². The zero-order valence-electron chi connectivity index (χ0n) is 21.7. The topological polar surface area (TPSA) is 105 Å². The predicted molar refractivity (Wildman–Crippen MR) is 141 cm³/mol. The van der Waals surface area contributed by atoms with E-state index in [0.29, 0.717) is 30.2 Å². The van der Waals surface area contributed by atoms with Crippen molar-refractivity contribution >= 4 is 27.5 Å². The number of anilines is 1. The van der Waals surface area contributed by atoms with Crippen LogP contribution in [0.1, 0.15) is 38.7 Å². The summed E-state index contributed by atoms with van der Waals surface area (Å²) in [6, 6.07) is 13.5. The van der Waals surface area contributed by atoms with E-state index in [4.69, 9.17) is 9.47 Å². The maximum atomic E-state index is 13.4. The standard InChI is InChI=1S/C26H37N3O6S/c1-6-24(26(31)27-7-2)28(19-20-11-8-13-22(17-20)34-3)25(30)15-10-16-29(36(5,32)33)21-12-9-14-23(18-21)35-4/h8-9,11-14,17-18,24H,6-7,10,15-16,19H2,1-5H3,(H,27,31)/t24-/m0/s1. The van der Waals surface area contributed by atoms with Crippen LogP contribution in [0, 0.1) is 0 Å². The Bertz CT molecular complexity index is 1120. The third-order valence-electron chi connectivity index (χ3n) is 5.72. The van der Waals surface area contributed by atoms with Gasteiger partial charge in [0.05, 0.1) is 26.2 Å². The number of carbonyl (C=O) groups is 2. The monoisotopic (exact) mass is 519 g/mol. The molecule has 9 nitrogen and oxygen atoms in total. The van der Waals surface area contributed by atoms with E-state index < -0.39 is 16.1 Å². The van der Waals surface area contributed by atoms with Crippen molar-refractivity contribution in [3.8, 4) is 11.5 Å². The van der Waals surface area contributed by atoms with Gasteiger partial charge in [0, 0.05) is 32.1 Å². The molecule has 0 aromatic heterocycles. The number of benzene rings is 2. The largest absolute Gasteiger partial charge is 0.497 e. The zero-order chi connectivity index (χ0) is 26.7. The van der Waals surface area contributed by atoms with Crippen LogP contribution >= 0.6 is 0 Å². The second-order valence-corrected chi connectivity index (χ2v) is 10.2. The average Bonchev–Trinajstić information content (AvgIpc) is 2.85. The van der Waals surface area contributed by atoms with Gasteiger partial charge >= 0.3 is 0 Å². The fourth-order valence-corrected chi connectivity index (χ4v) is 4.91. The maximum Gasteiger partial charge on any atom is 0.242 e. The fraction of sp³-hybridized carbons (Fsp3) is 0.462. The second-order valence-electron chi connectivity index (χ2n) is 8.33. The van der Waals surface area contributed by atoms with Crippen molar-refractivity contribution in [2.24, 2.45) is 0 Å². The number of hydrogen-bond donors (Lipinski definition) is 1. The number of nitrogens with zero attached hydrogens (tertiary/aromatic N) is 2. The van der Waals surface area contributed by atoms with E-state index in [9.17, 15) is 18.0 Å². The second kappa shape index (κ2) is 13.7. The van der Waals surface area contributed by atoms with Gasteiger partial charge in [-0.05, 0) is 49.6 Å². The van der Waals surface area contributed by atoms with Crippen molar-refractivity contribution < 1.29 is 27.5 Å². The highest BCUT2D eigenvalue weighted by Crippen LogP contribution is 2.24. The summed E-state index contributed by atoms with van der Waals surface area (Å²) in [6.45, 7) is 4.50.